The van der Waals surface area contributed by atoms with Gasteiger partial charge in [-0.1, -0.05) is 20.8 Å². The maximum Gasteiger partial charge on any atom is 0.267 e. The van der Waals surface area contributed by atoms with Crippen LogP contribution in [0.15, 0.2) is 21.0 Å². The Balaban J connectivity index is 2.27. The first-order valence-electron chi connectivity index (χ1n) is 5.34. The number of anilines is 2. The summed E-state index contributed by atoms with van der Waals surface area (Å²) >= 11 is 4.68. The molecule has 0 spiro atoms. The van der Waals surface area contributed by atoms with Crippen molar-refractivity contribution in [1.29, 1.82) is 0 Å². The molecule has 2 rings (SSSR count). The molecular formula is C11H13BrN4OS. The largest absolute Gasteiger partial charge is 0.315 e. The van der Waals surface area contributed by atoms with Crippen LogP contribution in [0.4, 0.5) is 10.9 Å². The van der Waals surface area contributed by atoms with Gasteiger partial charge < -0.3 is 10.3 Å². The Morgan fingerprint density at radius 3 is 2.78 bits per heavy atom. The third-order valence-corrected chi connectivity index (χ3v) is 3.79. The van der Waals surface area contributed by atoms with E-state index in [0.29, 0.717) is 10.3 Å². The van der Waals surface area contributed by atoms with Gasteiger partial charge in [-0.15, -0.1) is 11.3 Å². The van der Waals surface area contributed by atoms with Crippen molar-refractivity contribution in [3.63, 3.8) is 0 Å². The molecule has 0 aliphatic rings. The van der Waals surface area contributed by atoms with Gasteiger partial charge in [0.2, 0.25) is 0 Å². The number of halogens is 1. The van der Waals surface area contributed by atoms with Crippen molar-refractivity contribution >= 4 is 38.2 Å². The van der Waals surface area contributed by atoms with E-state index in [4.69, 9.17) is 0 Å². The summed E-state index contributed by atoms with van der Waals surface area (Å²) in [6.07, 6.45) is 1.35. The van der Waals surface area contributed by atoms with Crippen molar-refractivity contribution in [2.75, 3.05) is 5.32 Å². The van der Waals surface area contributed by atoms with E-state index in [1.54, 1.807) is 0 Å². The van der Waals surface area contributed by atoms with Crippen LogP contribution in [0.3, 0.4) is 0 Å². The van der Waals surface area contributed by atoms with Gasteiger partial charge >= 0.3 is 0 Å². The molecule has 0 amide bonds. The SMILES string of the molecule is CC(C)(C)c1csc(Nc2nc[nH]c(=O)c2Br)n1. The van der Waals surface area contributed by atoms with E-state index in [1.807, 2.05) is 5.38 Å². The number of aromatic nitrogens is 3. The van der Waals surface area contributed by atoms with E-state index in [2.05, 4.69) is 57.0 Å². The zero-order valence-corrected chi connectivity index (χ0v) is 12.6. The van der Waals surface area contributed by atoms with Crippen LogP contribution in [0, 0.1) is 0 Å². The Bertz CT molecular complexity index is 614. The van der Waals surface area contributed by atoms with Crippen LogP contribution in [0.1, 0.15) is 26.5 Å². The highest BCUT2D eigenvalue weighted by molar-refractivity contribution is 9.10. The van der Waals surface area contributed by atoms with Gasteiger partial charge in [0.1, 0.15) is 4.47 Å². The summed E-state index contributed by atoms with van der Waals surface area (Å²) in [7, 11) is 0. The normalized spacial score (nSPS) is 11.6. The molecule has 0 radical (unpaired) electrons. The smallest absolute Gasteiger partial charge is 0.267 e. The average Bonchev–Trinajstić information content (AvgIpc) is 2.73. The minimum Gasteiger partial charge on any atom is -0.315 e. The molecule has 18 heavy (non-hydrogen) atoms. The molecule has 0 aliphatic carbocycles. The second-order valence-electron chi connectivity index (χ2n) is 4.81. The summed E-state index contributed by atoms with van der Waals surface area (Å²) in [5.41, 5.74) is 0.797. The fourth-order valence-corrected chi connectivity index (χ4v) is 2.50. The van der Waals surface area contributed by atoms with Crippen LogP contribution in [0.25, 0.3) is 0 Å². The predicted octanol–water partition coefficient (Wildman–Crippen LogP) is 3.03. The number of thiazole rings is 1. The van der Waals surface area contributed by atoms with Crippen molar-refractivity contribution in [1.82, 2.24) is 15.0 Å². The quantitative estimate of drug-likeness (QED) is 0.888. The zero-order valence-electron chi connectivity index (χ0n) is 10.2. The van der Waals surface area contributed by atoms with Gasteiger partial charge in [0.25, 0.3) is 5.56 Å². The molecule has 0 fully saturated rings. The fourth-order valence-electron chi connectivity index (χ4n) is 1.25. The van der Waals surface area contributed by atoms with Crippen molar-refractivity contribution < 1.29 is 0 Å². The van der Waals surface area contributed by atoms with Crippen LogP contribution in [-0.2, 0) is 5.41 Å². The first kappa shape index (κ1) is 13.2. The molecular weight excluding hydrogens is 316 g/mol. The third kappa shape index (κ3) is 2.78. The van der Waals surface area contributed by atoms with E-state index in [9.17, 15) is 4.79 Å². The van der Waals surface area contributed by atoms with Crippen LogP contribution < -0.4 is 10.9 Å². The van der Waals surface area contributed by atoms with E-state index >= 15 is 0 Å². The van der Waals surface area contributed by atoms with E-state index in [1.165, 1.54) is 17.7 Å². The first-order valence-corrected chi connectivity index (χ1v) is 7.01. The van der Waals surface area contributed by atoms with Crippen LogP contribution in [0.5, 0.6) is 0 Å². The number of aromatic amines is 1. The van der Waals surface area contributed by atoms with Crippen molar-refractivity contribution in [3.05, 3.63) is 32.2 Å². The summed E-state index contributed by atoms with van der Waals surface area (Å²) in [4.78, 5) is 22.4. The summed E-state index contributed by atoms with van der Waals surface area (Å²) in [5, 5.41) is 5.76. The Morgan fingerprint density at radius 1 is 1.44 bits per heavy atom. The molecule has 2 aromatic rings. The summed E-state index contributed by atoms with van der Waals surface area (Å²) in [5.74, 6) is 0.466. The summed E-state index contributed by atoms with van der Waals surface area (Å²) in [6, 6.07) is 0. The van der Waals surface area contributed by atoms with Crippen LogP contribution >= 0.6 is 27.3 Å². The molecule has 0 bridgehead atoms. The van der Waals surface area contributed by atoms with Gasteiger partial charge in [0.15, 0.2) is 10.9 Å². The van der Waals surface area contributed by atoms with Crippen molar-refractivity contribution in [3.8, 4) is 0 Å². The number of H-pyrrole nitrogens is 1. The fraction of sp³-hybridized carbons (Fsp3) is 0.364. The second kappa shape index (κ2) is 4.81. The monoisotopic (exact) mass is 328 g/mol. The van der Waals surface area contributed by atoms with Gasteiger partial charge in [-0.2, -0.15) is 0 Å². The molecule has 0 saturated carbocycles. The van der Waals surface area contributed by atoms with Gasteiger partial charge in [-0.3, -0.25) is 4.79 Å². The Labute approximate surface area is 117 Å². The highest BCUT2D eigenvalue weighted by Gasteiger charge is 2.18. The summed E-state index contributed by atoms with van der Waals surface area (Å²) in [6.45, 7) is 6.31. The number of rotatable bonds is 2. The lowest BCUT2D eigenvalue weighted by Gasteiger charge is -2.14. The molecule has 5 nitrogen and oxygen atoms in total. The number of nitrogens with zero attached hydrogens (tertiary/aromatic N) is 2. The second-order valence-corrected chi connectivity index (χ2v) is 6.46. The first-order chi connectivity index (χ1) is 8.38. The molecule has 0 aromatic carbocycles. The highest BCUT2D eigenvalue weighted by atomic mass is 79.9. The zero-order chi connectivity index (χ0) is 13.3. The molecule has 96 valence electrons. The minimum atomic E-state index is -0.222. The van der Waals surface area contributed by atoms with Gasteiger partial charge in [-0.25, -0.2) is 9.97 Å². The lowest BCUT2D eigenvalue weighted by atomic mass is 9.93. The maximum atomic E-state index is 11.4. The third-order valence-electron chi connectivity index (χ3n) is 2.29. The highest BCUT2D eigenvalue weighted by Crippen LogP contribution is 2.28. The predicted molar refractivity (Wildman–Crippen MR) is 76.7 cm³/mol. The minimum absolute atomic E-state index is 0.00918. The molecule has 2 heterocycles. The lowest BCUT2D eigenvalue weighted by Crippen LogP contribution is -2.12. The number of hydrogen-bond acceptors (Lipinski definition) is 5. The van der Waals surface area contributed by atoms with Crippen LogP contribution in [-0.4, -0.2) is 15.0 Å². The number of hydrogen-bond donors (Lipinski definition) is 2. The molecule has 0 atom stereocenters. The molecule has 2 aromatic heterocycles. The van der Waals surface area contributed by atoms with Crippen molar-refractivity contribution in [2.24, 2.45) is 0 Å². The number of nitrogens with one attached hydrogen (secondary N) is 2. The summed E-state index contributed by atoms with van der Waals surface area (Å²) < 4.78 is 0.373. The Kier molecular flexibility index (Phi) is 3.54. The van der Waals surface area contributed by atoms with Gasteiger partial charge in [0.05, 0.1) is 12.0 Å². The maximum absolute atomic E-state index is 11.4. The molecule has 2 N–H and O–H groups in total. The van der Waals surface area contributed by atoms with Gasteiger partial charge in [0, 0.05) is 10.8 Å². The average molecular weight is 329 g/mol. The topological polar surface area (TPSA) is 70.7 Å². The molecule has 7 heteroatoms. The van der Waals surface area contributed by atoms with Crippen molar-refractivity contribution in [2.45, 2.75) is 26.2 Å². The lowest BCUT2D eigenvalue weighted by molar-refractivity contribution is 0.573. The molecule has 0 aliphatic heterocycles. The standard InChI is InChI=1S/C11H13BrN4OS/c1-11(2,3)6-4-18-10(15-6)16-8-7(12)9(17)14-5-13-8/h4-5H,1-3H3,(H2,13,14,15,16,17). The molecule has 0 saturated heterocycles. The van der Waals surface area contributed by atoms with E-state index in [0.717, 1.165) is 10.8 Å². The van der Waals surface area contributed by atoms with E-state index in [-0.39, 0.29) is 11.0 Å². The van der Waals surface area contributed by atoms with E-state index < -0.39 is 0 Å². The molecule has 0 unspecified atom stereocenters. The Morgan fingerprint density at radius 2 is 2.17 bits per heavy atom. The Hall–Kier alpha value is -1.21. The van der Waals surface area contributed by atoms with Gasteiger partial charge in [-0.05, 0) is 15.9 Å². The van der Waals surface area contributed by atoms with Crippen LogP contribution in [0.2, 0.25) is 0 Å².